The number of benzene rings is 1. The average molecular weight is 465 g/mol. The van der Waals surface area contributed by atoms with E-state index in [-0.39, 0.29) is 12.4 Å². The number of thiazole rings is 1. The van der Waals surface area contributed by atoms with Gasteiger partial charge in [0.25, 0.3) is 0 Å². The van der Waals surface area contributed by atoms with Crippen molar-refractivity contribution in [2.45, 2.75) is 12.6 Å². The van der Waals surface area contributed by atoms with Gasteiger partial charge < -0.3 is 14.8 Å². The molecule has 4 rings (SSSR count). The molecule has 0 radical (unpaired) electrons. The Morgan fingerprint density at radius 1 is 1.19 bits per heavy atom. The molecule has 0 spiro atoms. The lowest BCUT2D eigenvalue weighted by atomic mass is 10.1. The van der Waals surface area contributed by atoms with Crippen LogP contribution < -0.4 is 10.1 Å². The van der Waals surface area contributed by atoms with Gasteiger partial charge in [0.05, 0.1) is 31.1 Å². The van der Waals surface area contributed by atoms with E-state index in [0.29, 0.717) is 36.1 Å². The van der Waals surface area contributed by atoms with E-state index < -0.39 is 11.7 Å². The topological polar surface area (TPSA) is 59.5 Å². The fourth-order valence-corrected chi connectivity index (χ4v) is 4.09. The first-order chi connectivity index (χ1) is 15.5. The first-order valence-electron chi connectivity index (χ1n) is 10.3. The summed E-state index contributed by atoms with van der Waals surface area (Å²) in [5, 5.41) is 5.28. The van der Waals surface area contributed by atoms with Crippen molar-refractivity contribution in [2.75, 3.05) is 44.8 Å². The number of nitrogens with zero attached hydrogens (tertiary/aromatic N) is 3. The predicted molar refractivity (Wildman–Crippen MR) is 117 cm³/mol. The number of alkyl halides is 3. The fourth-order valence-electron chi connectivity index (χ4n) is 3.35. The molecule has 3 aromatic rings. The van der Waals surface area contributed by atoms with Crippen molar-refractivity contribution in [3.05, 3.63) is 53.7 Å². The molecule has 1 saturated heterocycles. The summed E-state index contributed by atoms with van der Waals surface area (Å²) in [5.41, 5.74) is 1.04. The Hall–Kier alpha value is -2.69. The molecule has 0 bridgehead atoms. The first-order valence-corrected chi connectivity index (χ1v) is 11.1. The maximum atomic E-state index is 13.6. The number of halogens is 3. The smallest absolute Gasteiger partial charge is 0.420 e. The van der Waals surface area contributed by atoms with Crippen LogP contribution >= 0.6 is 11.3 Å². The van der Waals surface area contributed by atoms with E-state index in [1.807, 2.05) is 11.4 Å². The number of anilines is 2. The van der Waals surface area contributed by atoms with Crippen LogP contribution in [0.15, 0.2) is 48.1 Å². The Morgan fingerprint density at radius 3 is 2.78 bits per heavy atom. The van der Waals surface area contributed by atoms with Crippen LogP contribution in [0.2, 0.25) is 0 Å². The molecule has 10 heteroatoms. The fraction of sp³-hybridized carbons (Fsp3) is 0.364. The Kier molecular flexibility index (Phi) is 7.23. The van der Waals surface area contributed by atoms with E-state index in [2.05, 4.69) is 20.2 Å². The molecule has 1 aromatic carbocycles. The van der Waals surface area contributed by atoms with Gasteiger partial charge in [-0.3, -0.25) is 9.88 Å². The van der Waals surface area contributed by atoms with Crippen LogP contribution in [0.25, 0.3) is 11.3 Å². The minimum absolute atomic E-state index is 0.166. The van der Waals surface area contributed by atoms with E-state index in [4.69, 9.17) is 9.47 Å². The zero-order valence-corrected chi connectivity index (χ0v) is 18.1. The van der Waals surface area contributed by atoms with Crippen molar-refractivity contribution >= 4 is 22.2 Å². The summed E-state index contributed by atoms with van der Waals surface area (Å²) >= 11 is 1.31. The number of ether oxygens (including phenoxy) is 2. The van der Waals surface area contributed by atoms with Gasteiger partial charge in [-0.25, -0.2) is 4.98 Å². The second kappa shape index (κ2) is 10.3. The molecule has 0 unspecified atom stereocenters. The zero-order valence-electron chi connectivity index (χ0n) is 17.3. The standard InChI is InChI=1S/C22H23F3N4O2S/c23-22(24,25)18-13-17(27-21-28-19(15-32-21)16-3-1-6-26-14-16)4-5-20(18)31-10-2-7-29-8-11-30-12-9-29/h1,3-6,13-15H,2,7-12H2,(H,27,28). The van der Waals surface area contributed by atoms with E-state index in [9.17, 15) is 13.2 Å². The van der Waals surface area contributed by atoms with E-state index in [1.165, 1.54) is 17.4 Å². The molecule has 0 saturated carbocycles. The molecular formula is C22H23F3N4O2S. The van der Waals surface area contributed by atoms with E-state index >= 15 is 0 Å². The van der Waals surface area contributed by atoms with Gasteiger partial charge in [-0.05, 0) is 36.8 Å². The van der Waals surface area contributed by atoms with Crippen molar-refractivity contribution in [2.24, 2.45) is 0 Å². The van der Waals surface area contributed by atoms with Gasteiger partial charge in [0.2, 0.25) is 0 Å². The SMILES string of the molecule is FC(F)(F)c1cc(Nc2nc(-c3cccnc3)cs2)ccc1OCCCN1CCOCC1. The highest BCUT2D eigenvalue weighted by Crippen LogP contribution is 2.39. The molecule has 32 heavy (non-hydrogen) atoms. The molecule has 1 N–H and O–H groups in total. The third kappa shape index (κ3) is 5.96. The van der Waals surface area contributed by atoms with Crippen LogP contribution in [0, 0.1) is 0 Å². The van der Waals surface area contributed by atoms with Crippen LogP contribution in [-0.2, 0) is 10.9 Å². The normalized spacial score (nSPS) is 15.0. The van der Waals surface area contributed by atoms with Crippen LogP contribution in [0.1, 0.15) is 12.0 Å². The van der Waals surface area contributed by atoms with Gasteiger partial charge in [0.1, 0.15) is 5.75 Å². The van der Waals surface area contributed by atoms with Crippen molar-refractivity contribution in [3.8, 4) is 17.0 Å². The second-order valence-electron chi connectivity index (χ2n) is 7.27. The van der Waals surface area contributed by atoms with Gasteiger partial charge in [0.15, 0.2) is 5.13 Å². The lowest BCUT2D eigenvalue weighted by Crippen LogP contribution is -2.37. The van der Waals surface area contributed by atoms with E-state index in [0.717, 1.165) is 31.3 Å². The monoisotopic (exact) mass is 464 g/mol. The molecule has 0 atom stereocenters. The molecule has 2 aromatic heterocycles. The number of nitrogens with one attached hydrogen (secondary N) is 1. The molecule has 1 fully saturated rings. The number of pyridine rings is 1. The highest BCUT2D eigenvalue weighted by Gasteiger charge is 2.35. The average Bonchev–Trinajstić information content (AvgIpc) is 3.26. The third-order valence-corrected chi connectivity index (χ3v) is 5.74. The summed E-state index contributed by atoms with van der Waals surface area (Å²) in [7, 11) is 0. The molecule has 1 aliphatic heterocycles. The van der Waals surface area contributed by atoms with Crippen LogP contribution in [0.3, 0.4) is 0 Å². The minimum atomic E-state index is -4.53. The predicted octanol–water partition coefficient (Wildman–Crippen LogP) is 5.07. The van der Waals surface area contributed by atoms with Gasteiger partial charge in [-0.1, -0.05) is 0 Å². The number of rotatable bonds is 8. The summed E-state index contributed by atoms with van der Waals surface area (Å²) in [6.45, 7) is 4.05. The summed E-state index contributed by atoms with van der Waals surface area (Å²) in [6.07, 6.45) is -0.528. The summed E-state index contributed by atoms with van der Waals surface area (Å²) < 4.78 is 51.7. The number of hydrogen-bond donors (Lipinski definition) is 1. The molecule has 170 valence electrons. The molecule has 3 heterocycles. The first kappa shape index (κ1) is 22.5. The van der Waals surface area contributed by atoms with Gasteiger partial charge in [0, 0.05) is 48.7 Å². The summed E-state index contributed by atoms with van der Waals surface area (Å²) in [5.74, 6) is -0.166. The third-order valence-electron chi connectivity index (χ3n) is 4.98. The van der Waals surface area contributed by atoms with Gasteiger partial charge in [-0.2, -0.15) is 13.2 Å². The second-order valence-corrected chi connectivity index (χ2v) is 8.13. The minimum Gasteiger partial charge on any atom is -0.493 e. The number of morpholine rings is 1. The maximum absolute atomic E-state index is 13.6. The molecule has 0 aliphatic carbocycles. The van der Waals surface area contributed by atoms with Crippen molar-refractivity contribution in [3.63, 3.8) is 0 Å². The summed E-state index contributed by atoms with van der Waals surface area (Å²) in [4.78, 5) is 10.7. The molecule has 0 amide bonds. The highest BCUT2D eigenvalue weighted by atomic mass is 32.1. The number of aromatic nitrogens is 2. The van der Waals surface area contributed by atoms with Crippen LogP contribution in [0.4, 0.5) is 24.0 Å². The van der Waals surface area contributed by atoms with Gasteiger partial charge in [-0.15, -0.1) is 11.3 Å². The Labute approximate surface area is 188 Å². The van der Waals surface area contributed by atoms with Crippen molar-refractivity contribution < 1.29 is 22.6 Å². The van der Waals surface area contributed by atoms with Crippen molar-refractivity contribution in [1.29, 1.82) is 0 Å². The lowest BCUT2D eigenvalue weighted by molar-refractivity contribution is -0.138. The van der Waals surface area contributed by atoms with Crippen LogP contribution in [0.5, 0.6) is 5.75 Å². The highest BCUT2D eigenvalue weighted by molar-refractivity contribution is 7.14. The molecular weight excluding hydrogens is 441 g/mol. The van der Waals surface area contributed by atoms with E-state index in [1.54, 1.807) is 24.5 Å². The van der Waals surface area contributed by atoms with Crippen molar-refractivity contribution in [1.82, 2.24) is 14.9 Å². The summed E-state index contributed by atoms with van der Waals surface area (Å²) in [6, 6.07) is 7.66. The quantitative estimate of drug-likeness (QED) is 0.470. The molecule has 1 aliphatic rings. The van der Waals surface area contributed by atoms with Crippen LogP contribution in [-0.4, -0.2) is 54.3 Å². The Bertz CT molecular complexity index is 1010. The lowest BCUT2D eigenvalue weighted by Gasteiger charge is -2.26. The van der Waals surface area contributed by atoms with Gasteiger partial charge >= 0.3 is 6.18 Å². The molecule has 6 nitrogen and oxygen atoms in total. The zero-order chi connectivity index (χ0) is 22.4. The Balaban J connectivity index is 1.40. The largest absolute Gasteiger partial charge is 0.493 e. The maximum Gasteiger partial charge on any atom is 0.420 e. The number of hydrogen-bond acceptors (Lipinski definition) is 7. The Morgan fingerprint density at radius 2 is 2.03 bits per heavy atom.